The summed E-state index contributed by atoms with van der Waals surface area (Å²) in [6, 6.07) is 4.13. The first-order valence-corrected chi connectivity index (χ1v) is 6.20. The monoisotopic (exact) mass is 269 g/mol. The lowest BCUT2D eigenvalue weighted by molar-refractivity contribution is -0.121. The maximum absolute atomic E-state index is 13.5. The molecule has 1 atom stereocenters. The van der Waals surface area contributed by atoms with Crippen molar-refractivity contribution >= 4 is 5.91 Å². The van der Waals surface area contributed by atoms with Crippen LogP contribution in [0.5, 0.6) is 5.75 Å². The average Bonchev–Trinajstić information content (AvgIpc) is 2.35. The molecule has 1 aromatic carbocycles. The number of aliphatic hydroxyl groups is 1. The van der Waals surface area contributed by atoms with Gasteiger partial charge >= 0.3 is 0 Å². The van der Waals surface area contributed by atoms with Crippen LogP contribution in [0, 0.1) is 11.7 Å². The Balaban J connectivity index is 2.64. The first-order chi connectivity index (χ1) is 8.97. The fourth-order valence-electron chi connectivity index (χ4n) is 1.69. The van der Waals surface area contributed by atoms with Crippen LogP contribution in [-0.4, -0.2) is 30.8 Å². The largest absolute Gasteiger partial charge is 0.494 e. The van der Waals surface area contributed by atoms with E-state index in [1.54, 1.807) is 6.07 Å². The lowest BCUT2D eigenvalue weighted by atomic mass is 10.0. The van der Waals surface area contributed by atoms with E-state index in [1.165, 1.54) is 19.2 Å². The molecule has 2 N–H and O–H groups in total. The van der Waals surface area contributed by atoms with E-state index in [-0.39, 0.29) is 36.6 Å². The molecule has 106 valence electrons. The van der Waals surface area contributed by atoms with Crippen LogP contribution < -0.4 is 10.1 Å². The van der Waals surface area contributed by atoms with Crippen molar-refractivity contribution in [2.24, 2.45) is 5.92 Å². The molecule has 0 aliphatic heterocycles. The topological polar surface area (TPSA) is 58.6 Å². The first-order valence-electron chi connectivity index (χ1n) is 6.20. The molecule has 0 saturated heterocycles. The highest BCUT2D eigenvalue weighted by Gasteiger charge is 2.15. The number of benzene rings is 1. The summed E-state index contributed by atoms with van der Waals surface area (Å²) in [6.07, 6.45) is 0.0735. The third-order valence-corrected chi connectivity index (χ3v) is 2.93. The fourth-order valence-corrected chi connectivity index (χ4v) is 1.69. The number of halogens is 1. The van der Waals surface area contributed by atoms with Crippen molar-refractivity contribution in [1.82, 2.24) is 5.32 Å². The third kappa shape index (κ3) is 4.52. The Morgan fingerprint density at radius 2 is 2.16 bits per heavy atom. The van der Waals surface area contributed by atoms with Crippen LogP contribution in [0.15, 0.2) is 18.2 Å². The minimum Gasteiger partial charge on any atom is -0.494 e. The third-order valence-electron chi connectivity index (χ3n) is 2.93. The number of hydrogen-bond donors (Lipinski definition) is 2. The molecule has 0 unspecified atom stereocenters. The Kier molecular flexibility index (Phi) is 5.76. The molecular formula is C14H20FNO3. The summed E-state index contributed by atoms with van der Waals surface area (Å²) in [5.41, 5.74) is 0.566. The average molecular weight is 269 g/mol. The van der Waals surface area contributed by atoms with Gasteiger partial charge in [-0.2, -0.15) is 0 Å². The summed E-state index contributed by atoms with van der Waals surface area (Å²) in [7, 11) is 1.39. The highest BCUT2D eigenvalue weighted by molar-refractivity contribution is 5.78. The van der Waals surface area contributed by atoms with Gasteiger partial charge in [-0.3, -0.25) is 4.79 Å². The van der Waals surface area contributed by atoms with E-state index < -0.39 is 5.82 Å². The molecule has 0 aliphatic rings. The summed E-state index contributed by atoms with van der Waals surface area (Å²) in [5, 5.41) is 11.9. The number of rotatable bonds is 6. The summed E-state index contributed by atoms with van der Waals surface area (Å²) < 4.78 is 18.3. The van der Waals surface area contributed by atoms with Crippen LogP contribution in [0.25, 0.3) is 0 Å². The number of ether oxygens (including phenoxy) is 1. The van der Waals surface area contributed by atoms with E-state index >= 15 is 0 Å². The minimum absolute atomic E-state index is 0.0735. The highest BCUT2D eigenvalue weighted by Crippen LogP contribution is 2.18. The van der Waals surface area contributed by atoms with Crippen molar-refractivity contribution in [3.05, 3.63) is 29.6 Å². The number of carbonyl (C=O) groups excluding carboxylic acids is 1. The summed E-state index contributed by atoms with van der Waals surface area (Å²) in [6.45, 7) is 3.71. The predicted molar refractivity (Wildman–Crippen MR) is 70.5 cm³/mol. The maximum atomic E-state index is 13.5. The number of carbonyl (C=O) groups is 1. The van der Waals surface area contributed by atoms with E-state index in [0.29, 0.717) is 5.56 Å². The van der Waals surface area contributed by atoms with Gasteiger partial charge in [-0.15, -0.1) is 0 Å². The van der Waals surface area contributed by atoms with Gasteiger partial charge in [-0.25, -0.2) is 4.39 Å². The van der Waals surface area contributed by atoms with Gasteiger partial charge < -0.3 is 15.2 Å². The van der Waals surface area contributed by atoms with Crippen molar-refractivity contribution in [3.63, 3.8) is 0 Å². The molecule has 0 spiro atoms. The van der Waals surface area contributed by atoms with E-state index in [4.69, 9.17) is 9.84 Å². The van der Waals surface area contributed by atoms with Gasteiger partial charge in [0, 0.05) is 0 Å². The zero-order valence-electron chi connectivity index (χ0n) is 11.4. The second kappa shape index (κ2) is 7.09. The highest BCUT2D eigenvalue weighted by atomic mass is 19.1. The lowest BCUT2D eigenvalue weighted by Crippen LogP contribution is -2.41. The van der Waals surface area contributed by atoms with Crippen molar-refractivity contribution in [2.45, 2.75) is 26.3 Å². The SMILES string of the molecule is COc1ccc(CC(=O)N[C@H](CO)C(C)C)cc1F. The van der Waals surface area contributed by atoms with Crippen LogP contribution in [0.4, 0.5) is 4.39 Å². The molecule has 4 nitrogen and oxygen atoms in total. The molecule has 0 heterocycles. The quantitative estimate of drug-likeness (QED) is 0.823. The fraction of sp³-hybridized carbons (Fsp3) is 0.500. The smallest absolute Gasteiger partial charge is 0.224 e. The normalized spacial score (nSPS) is 12.3. The molecule has 0 saturated carbocycles. The van der Waals surface area contributed by atoms with Crippen LogP contribution in [-0.2, 0) is 11.2 Å². The molecule has 0 radical (unpaired) electrons. The van der Waals surface area contributed by atoms with Crippen LogP contribution in [0.3, 0.4) is 0 Å². The van der Waals surface area contributed by atoms with Gasteiger partial charge in [0.25, 0.3) is 0 Å². The standard InChI is InChI=1S/C14H20FNO3/c1-9(2)12(8-17)16-14(18)7-10-4-5-13(19-3)11(15)6-10/h4-6,9,12,17H,7-8H2,1-3H3,(H,16,18)/t12-/m1/s1. The molecule has 19 heavy (non-hydrogen) atoms. The van der Waals surface area contributed by atoms with Crippen molar-refractivity contribution in [2.75, 3.05) is 13.7 Å². The Hall–Kier alpha value is -1.62. The maximum Gasteiger partial charge on any atom is 0.224 e. The van der Waals surface area contributed by atoms with E-state index in [9.17, 15) is 9.18 Å². The van der Waals surface area contributed by atoms with Crippen LogP contribution in [0.1, 0.15) is 19.4 Å². The summed E-state index contributed by atoms with van der Waals surface area (Å²) >= 11 is 0. The molecule has 0 bridgehead atoms. The molecule has 1 aromatic rings. The summed E-state index contributed by atoms with van der Waals surface area (Å²) in [4.78, 5) is 11.8. The molecule has 1 rings (SSSR count). The molecule has 1 amide bonds. The number of nitrogens with one attached hydrogen (secondary N) is 1. The Morgan fingerprint density at radius 1 is 1.47 bits per heavy atom. The van der Waals surface area contributed by atoms with Gasteiger partial charge in [0.2, 0.25) is 5.91 Å². The lowest BCUT2D eigenvalue weighted by Gasteiger charge is -2.19. The van der Waals surface area contributed by atoms with Gasteiger partial charge in [0.1, 0.15) is 0 Å². The zero-order chi connectivity index (χ0) is 14.4. The Labute approximate surface area is 112 Å². The Morgan fingerprint density at radius 3 is 2.63 bits per heavy atom. The molecule has 5 heteroatoms. The van der Waals surface area contributed by atoms with Crippen molar-refractivity contribution < 1.29 is 19.0 Å². The predicted octanol–water partition coefficient (Wildman–Crippen LogP) is 1.51. The van der Waals surface area contributed by atoms with Crippen molar-refractivity contribution in [1.29, 1.82) is 0 Å². The van der Waals surface area contributed by atoms with Gasteiger partial charge in [0.15, 0.2) is 11.6 Å². The second-order valence-corrected chi connectivity index (χ2v) is 4.75. The molecule has 0 aliphatic carbocycles. The van der Waals surface area contributed by atoms with Gasteiger partial charge in [0.05, 0.1) is 26.2 Å². The Bertz CT molecular complexity index is 435. The number of amides is 1. The van der Waals surface area contributed by atoms with E-state index in [1.807, 2.05) is 13.8 Å². The summed E-state index contributed by atoms with van der Waals surface area (Å²) in [5.74, 6) is -0.436. The number of aliphatic hydroxyl groups excluding tert-OH is 1. The molecule has 0 fully saturated rings. The zero-order valence-corrected chi connectivity index (χ0v) is 11.4. The number of methoxy groups -OCH3 is 1. The number of hydrogen-bond acceptors (Lipinski definition) is 3. The van der Waals surface area contributed by atoms with Crippen LogP contribution >= 0.6 is 0 Å². The second-order valence-electron chi connectivity index (χ2n) is 4.75. The first kappa shape index (κ1) is 15.4. The molecular weight excluding hydrogens is 249 g/mol. The van der Waals surface area contributed by atoms with E-state index in [0.717, 1.165) is 0 Å². The van der Waals surface area contributed by atoms with Gasteiger partial charge in [-0.05, 0) is 23.6 Å². The van der Waals surface area contributed by atoms with E-state index in [2.05, 4.69) is 5.32 Å². The van der Waals surface area contributed by atoms with Gasteiger partial charge in [-0.1, -0.05) is 19.9 Å². The van der Waals surface area contributed by atoms with Crippen LogP contribution in [0.2, 0.25) is 0 Å². The van der Waals surface area contributed by atoms with Crippen molar-refractivity contribution in [3.8, 4) is 5.75 Å². The minimum atomic E-state index is -0.490. The molecule has 0 aromatic heterocycles.